The molecule has 0 unspecified atom stereocenters. The zero-order valence-electron chi connectivity index (χ0n) is 16.4. The third-order valence-electron chi connectivity index (χ3n) is 5.30. The molecule has 0 saturated heterocycles. The lowest BCUT2D eigenvalue weighted by molar-refractivity contribution is 0.0876. The molecule has 0 N–H and O–H groups in total. The first-order valence-electron chi connectivity index (χ1n) is 9.69. The van der Waals surface area contributed by atoms with Crippen LogP contribution in [0.1, 0.15) is 32.6 Å². The van der Waals surface area contributed by atoms with Crippen LogP contribution in [-0.2, 0) is 13.1 Å². The molecule has 2 aromatic carbocycles. The Kier molecular flexibility index (Phi) is 4.56. The number of ketones is 1. The van der Waals surface area contributed by atoms with Crippen molar-refractivity contribution in [2.45, 2.75) is 20.0 Å². The van der Waals surface area contributed by atoms with Crippen LogP contribution in [-0.4, -0.2) is 22.4 Å². The van der Waals surface area contributed by atoms with Crippen LogP contribution in [0.15, 0.2) is 60.6 Å². The molecule has 0 amide bonds. The Morgan fingerprint density at radius 1 is 1.20 bits per heavy atom. The highest BCUT2D eigenvalue weighted by atomic mass is 19.1. The summed E-state index contributed by atoms with van der Waals surface area (Å²) in [4.78, 5) is 19.3. The zero-order valence-corrected chi connectivity index (χ0v) is 16.4. The molecule has 0 saturated carbocycles. The standard InChI is InChI=1S/C24H19FN2O3/c1-15-23-18(13-27(14-29-23)12-17-3-2-8-26-11-17)10-20-22(28)21(30-24(15)20)9-16-4-6-19(25)7-5-16/h2-11H,12-14H2,1H3/b21-9+. The molecule has 0 fully saturated rings. The van der Waals surface area contributed by atoms with Crippen molar-refractivity contribution in [2.75, 3.05) is 6.73 Å². The Balaban J connectivity index is 1.43. The predicted octanol–water partition coefficient (Wildman–Crippen LogP) is 4.50. The van der Waals surface area contributed by atoms with Crippen molar-refractivity contribution in [2.24, 2.45) is 0 Å². The molecular weight excluding hydrogens is 383 g/mol. The van der Waals surface area contributed by atoms with Crippen LogP contribution in [0, 0.1) is 12.7 Å². The van der Waals surface area contributed by atoms with Crippen LogP contribution in [0.3, 0.4) is 0 Å². The van der Waals surface area contributed by atoms with Crippen molar-refractivity contribution in [3.8, 4) is 11.5 Å². The minimum Gasteiger partial charge on any atom is -0.477 e. The molecular formula is C24H19FN2O3. The predicted molar refractivity (Wildman–Crippen MR) is 109 cm³/mol. The van der Waals surface area contributed by atoms with Crippen LogP contribution in [0.5, 0.6) is 11.5 Å². The number of nitrogens with zero attached hydrogens (tertiary/aromatic N) is 2. The Morgan fingerprint density at radius 2 is 2.03 bits per heavy atom. The quantitative estimate of drug-likeness (QED) is 0.604. The van der Waals surface area contributed by atoms with Gasteiger partial charge in [-0.1, -0.05) is 18.2 Å². The number of hydrogen-bond acceptors (Lipinski definition) is 5. The summed E-state index contributed by atoms with van der Waals surface area (Å²) in [5.41, 5.74) is 4.12. The molecule has 5 nitrogen and oxygen atoms in total. The second-order valence-electron chi connectivity index (χ2n) is 7.48. The zero-order chi connectivity index (χ0) is 20.7. The van der Waals surface area contributed by atoms with E-state index in [0.29, 0.717) is 36.7 Å². The van der Waals surface area contributed by atoms with Crippen molar-refractivity contribution in [1.29, 1.82) is 0 Å². The van der Waals surface area contributed by atoms with Crippen LogP contribution in [0.4, 0.5) is 4.39 Å². The second-order valence-corrected chi connectivity index (χ2v) is 7.48. The summed E-state index contributed by atoms with van der Waals surface area (Å²) < 4.78 is 25.1. The van der Waals surface area contributed by atoms with Crippen molar-refractivity contribution < 1.29 is 18.7 Å². The van der Waals surface area contributed by atoms with Crippen LogP contribution in [0.25, 0.3) is 6.08 Å². The number of hydrogen-bond donors (Lipinski definition) is 0. The highest BCUT2D eigenvalue weighted by Gasteiger charge is 2.33. The summed E-state index contributed by atoms with van der Waals surface area (Å²) in [6, 6.07) is 11.7. The van der Waals surface area contributed by atoms with Gasteiger partial charge in [-0.25, -0.2) is 4.39 Å². The van der Waals surface area contributed by atoms with E-state index in [9.17, 15) is 9.18 Å². The third-order valence-corrected chi connectivity index (χ3v) is 5.30. The maximum atomic E-state index is 13.1. The maximum Gasteiger partial charge on any atom is 0.231 e. The summed E-state index contributed by atoms with van der Waals surface area (Å²) in [5.74, 6) is 1.04. The molecule has 0 radical (unpaired) electrons. The molecule has 2 aliphatic heterocycles. The average Bonchev–Trinajstić information content (AvgIpc) is 3.06. The molecule has 0 aliphatic carbocycles. The fraction of sp³-hybridized carbons (Fsp3) is 0.167. The SMILES string of the molecule is Cc1c2c(cc3c1O/C(=C/c1ccc(F)cc1)C3=O)CN(Cc1cccnc1)CO2. The van der Waals surface area contributed by atoms with Gasteiger partial charge in [-0.2, -0.15) is 0 Å². The van der Waals surface area contributed by atoms with E-state index in [-0.39, 0.29) is 17.4 Å². The smallest absolute Gasteiger partial charge is 0.231 e. The molecule has 5 rings (SSSR count). The number of rotatable bonds is 3. The fourth-order valence-corrected chi connectivity index (χ4v) is 3.86. The molecule has 2 aliphatic rings. The van der Waals surface area contributed by atoms with Gasteiger partial charge in [-0.15, -0.1) is 0 Å². The maximum absolute atomic E-state index is 13.1. The lowest BCUT2D eigenvalue weighted by Gasteiger charge is -2.30. The van der Waals surface area contributed by atoms with E-state index in [1.54, 1.807) is 24.4 Å². The molecule has 3 aromatic rings. The summed E-state index contributed by atoms with van der Waals surface area (Å²) in [6.45, 7) is 3.74. The molecule has 0 spiro atoms. The summed E-state index contributed by atoms with van der Waals surface area (Å²) >= 11 is 0. The lowest BCUT2D eigenvalue weighted by Crippen LogP contribution is -2.32. The molecule has 0 bridgehead atoms. The van der Waals surface area contributed by atoms with E-state index in [4.69, 9.17) is 9.47 Å². The minimum absolute atomic E-state index is 0.176. The number of benzene rings is 2. The number of fused-ring (bicyclic) bond motifs is 2. The van der Waals surface area contributed by atoms with Gasteiger partial charge in [0, 0.05) is 36.6 Å². The van der Waals surface area contributed by atoms with Gasteiger partial charge in [0.05, 0.1) is 5.56 Å². The monoisotopic (exact) mass is 402 g/mol. The largest absolute Gasteiger partial charge is 0.477 e. The van der Waals surface area contributed by atoms with Crippen molar-refractivity contribution in [3.05, 3.63) is 94.3 Å². The molecule has 0 atom stereocenters. The van der Waals surface area contributed by atoms with E-state index >= 15 is 0 Å². The second kappa shape index (κ2) is 7.39. The van der Waals surface area contributed by atoms with Crippen molar-refractivity contribution in [1.82, 2.24) is 9.88 Å². The molecule has 30 heavy (non-hydrogen) atoms. The number of carbonyl (C=O) groups excluding carboxylic acids is 1. The Labute approximate surface area is 173 Å². The van der Waals surface area contributed by atoms with Gasteiger partial charge in [0.1, 0.15) is 24.0 Å². The van der Waals surface area contributed by atoms with E-state index < -0.39 is 0 Å². The first kappa shape index (κ1) is 18.5. The summed E-state index contributed by atoms with van der Waals surface area (Å²) in [6.07, 6.45) is 5.23. The molecule has 1 aromatic heterocycles. The summed E-state index contributed by atoms with van der Waals surface area (Å²) in [5, 5.41) is 0. The van der Waals surface area contributed by atoms with E-state index in [1.807, 2.05) is 31.3 Å². The fourth-order valence-electron chi connectivity index (χ4n) is 3.86. The number of pyridine rings is 1. The molecule has 3 heterocycles. The lowest BCUT2D eigenvalue weighted by atomic mass is 10.00. The number of ether oxygens (including phenoxy) is 2. The molecule has 6 heteroatoms. The van der Waals surface area contributed by atoms with Crippen LogP contribution >= 0.6 is 0 Å². The van der Waals surface area contributed by atoms with E-state index in [0.717, 1.165) is 22.4 Å². The number of Topliss-reactive ketones (excluding diaryl/α,β-unsaturated/α-hetero) is 1. The third kappa shape index (κ3) is 3.35. The normalized spacial score (nSPS) is 16.7. The number of aromatic nitrogens is 1. The van der Waals surface area contributed by atoms with Crippen LogP contribution in [0.2, 0.25) is 0 Å². The Morgan fingerprint density at radius 3 is 2.80 bits per heavy atom. The van der Waals surface area contributed by atoms with Gasteiger partial charge in [0.25, 0.3) is 0 Å². The molecule has 150 valence electrons. The van der Waals surface area contributed by atoms with E-state index in [1.165, 1.54) is 12.1 Å². The highest BCUT2D eigenvalue weighted by molar-refractivity contribution is 6.15. The van der Waals surface area contributed by atoms with Gasteiger partial charge >= 0.3 is 0 Å². The van der Waals surface area contributed by atoms with Gasteiger partial charge < -0.3 is 9.47 Å². The van der Waals surface area contributed by atoms with Gasteiger partial charge in [0.2, 0.25) is 5.78 Å². The van der Waals surface area contributed by atoms with Gasteiger partial charge in [0.15, 0.2) is 5.76 Å². The first-order valence-corrected chi connectivity index (χ1v) is 9.69. The Hall–Kier alpha value is -3.51. The van der Waals surface area contributed by atoms with Crippen LogP contribution < -0.4 is 9.47 Å². The summed E-state index contributed by atoms with van der Waals surface area (Å²) in [7, 11) is 0. The van der Waals surface area contributed by atoms with Gasteiger partial charge in [-0.3, -0.25) is 14.7 Å². The highest BCUT2D eigenvalue weighted by Crippen LogP contribution is 2.43. The van der Waals surface area contributed by atoms with E-state index in [2.05, 4.69) is 9.88 Å². The average molecular weight is 402 g/mol. The number of halogens is 1. The van der Waals surface area contributed by atoms with Gasteiger partial charge in [-0.05, 0) is 48.4 Å². The minimum atomic E-state index is -0.324. The number of carbonyl (C=O) groups is 1. The number of allylic oxidation sites excluding steroid dienone is 1. The Bertz CT molecular complexity index is 1160. The first-order chi connectivity index (χ1) is 14.6. The topological polar surface area (TPSA) is 51.7 Å². The van der Waals surface area contributed by atoms with Crippen molar-refractivity contribution >= 4 is 11.9 Å². The van der Waals surface area contributed by atoms with Crippen molar-refractivity contribution in [3.63, 3.8) is 0 Å².